The van der Waals surface area contributed by atoms with Gasteiger partial charge in [-0.1, -0.05) is 31.9 Å². The fourth-order valence-electron chi connectivity index (χ4n) is 1.83. The van der Waals surface area contributed by atoms with Gasteiger partial charge in [-0.25, -0.2) is 0 Å². The predicted molar refractivity (Wildman–Crippen MR) is 83.9 cm³/mol. The number of hydrogen-bond acceptors (Lipinski definition) is 6. The zero-order valence-corrected chi connectivity index (χ0v) is 15.3. The van der Waals surface area contributed by atoms with Gasteiger partial charge in [0.2, 0.25) is 0 Å². The minimum Gasteiger partial charge on any atom is -0.377 e. The molecule has 0 radical (unpaired) electrons. The summed E-state index contributed by atoms with van der Waals surface area (Å²) < 4.78 is 60.1. The topological polar surface area (TPSA) is 86.7 Å². The van der Waals surface area contributed by atoms with E-state index in [0.29, 0.717) is 8.95 Å². The Labute approximate surface area is 143 Å². The summed E-state index contributed by atoms with van der Waals surface area (Å²) in [6, 6.07) is 7.79. The highest BCUT2D eigenvalue weighted by molar-refractivity contribution is 9.10. The smallest absolute Gasteiger partial charge is 0.343 e. The lowest BCUT2D eigenvalue weighted by atomic mass is 10.3. The lowest BCUT2D eigenvalue weighted by molar-refractivity contribution is 0.443. The van der Waals surface area contributed by atoms with Crippen LogP contribution in [0.3, 0.4) is 0 Å². The van der Waals surface area contributed by atoms with Gasteiger partial charge in [0, 0.05) is 8.95 Å². The summed E-state index contributed by atoms with van der Waals surface area (Å²) in [5.74, 6) is -0.661. The van der Waals surface area contributed by atoms with Crippen molar-refractivity contribution in [2.24, 2.45) is 0 Å². The Morgan fingerprint density at radius 2 is 1.05 bits per heavy atom. The van der Waals surface area contributed by atoms with E-state index in [-0.39, 0.29) is 21.3 Å². The maximum absolute atomic E-state index is 12.3. The Hall–Kier alpha value is -1.10. The zero-order chi connectivity index (χ0) is 16.1. The Morgan fingerprint density at radius 1 is 0.682 bits per heavy atom. The van der Waals surface area contributed by atoms with Gasteiger partial charge in [0.25, 0.3) is 0 Å². The van der Waals surface area contributed by atoms with Crippen LogP contribution in [0.5, 0.6) is 11.5 Å². The van der Waals surface area contributed by atoms with E-state index in [2.05, 4.69) is 31.9 Å². The summed E-state index contributed by atoms with van der Waals surface area (Å²) in [6.07, 6.45) is 0. The maximum atomic E-state index is 12.3. The molecule has 1 heterocycles. The van der Waals surface area contributed by atoms with Crippen molar-refractivity contribution in [1.82, 2.24) is 0 Å². The van der Waals surface area contributed by atoms with Crippen LogP contribution >= 0.6 is 31.9 Å². The molecule has 10 heteroatoms. The average molecular weight is 470 g/mol. The number of fused-ring (bicyclic) bond motifs is 2. The van der Waals surface area contributed by atoms with Gasteiger partial charge in [-0.2, -0.15) is 16.8 Å². The molecule has 2 aromatic rings. The SMILES string of the molecule is O=S1(=O)Oc2cc(Br)ccc2S(=O)(=O)Oc2cc(Br)ccc21. The van der Waals surface area contributed by atoms with E-state index in [9.17, 15) is 16.8 Å². The van der Waals surface area contributed by atoms with E-state index >= 15 is 0 Å². The average Bonchev–Trinajstić information content (AvgIpc) is 2.35. The fraction of sp³-hybridized carbons (Fsp3) is 0. The van der Waals surface area contributed by atoms with Crippen molar-refractivity contribution in [3.05, 3.63) is 45.3 Å². The monoisotopic (exact) mass is 468 g/mol. The Balaban J connectivity index is 2.33. The first-order valence-electron chi connectivity index (χ1n) is 5.67. The van der Waals surface area contributed by atoms with Gasteiger partial charge >= 0.3 is 20.2 Å². The molecule has 0 fully saturated rings. The van der Waals surface area contributed by atoms with E-state index in [1.54, 1.807) is 0 Å². The summed E-state index contributed by atoms with van der Waals surface area (Å²) >= 11 is 6.27. The molecule has 0 aromatic heterocycles. The first-order chi connectivity index (χ1) is 10.2. The molecule has 6 nitrogen and oxygen atoms in total. The van der Waals surface area contributed by atoms with E-state index in [1.807, 2.05) is 0 Å². The Kier molecular flexibility index (Phi) is 3.75. The largest absolute Gasteiger partial charge is 0.377 e. The second-order valence-corrected chi connectivity index (χ2v) is 9.12. The van der Waals surface area contributed by atoms with Crippen LogP contribution in [0.2, 0.25) is 0 Å². The quantitative estimate of drug-likeness (QED) is 0.551. The lowest BCUT2D eigenvalue weighted by Gasteiger charge is -2.18. The summed E-state index contributed by atoms with van der Waals surface area (Å²) in [7, 11) is -8.46. The van der Waals surface area contributed by atoms with Crippen LogP contribution in [0, 0.1) is 0 Å². The molecule has 1 aliphatic rings. The molecule has 0 unspecified atom stereocenters. The molecule has 0 atom stereocenters. The number of benzene rings is 2. The molecule has 0 saturated carbocycles. The summed E-state index contributed by atoms with van der Waals surface area (Å²) in [4.78, 5) is -0.741. The lowest BCUT2D eigenvalue weighted by Crippen LogP contribution is -2.20. The third-order valence-corrected chi connectivity index (χ3v) is 6.29. The molecule has 1 aliphatic heterocycles. The molecule has 3 rings (SSSR count). The van der Waals surface area contributed by atoms with Gasteiger partial charge in [0.1, 0.15) is 9.79 Å². The summed E-state index contributed by atoms with van der Waals surface area (Å²) in [5, 5.41) is 0. The molecule has 0 bridgehead atoms. The molecular weight excluding hydrogens is 464 g/mol. The first-order valence-corrected chi connectivity index (χ1v) is 10.1. The van der Waals surface area contributed by atoms with Crippen LogP contribution in [0.4, 0.5) is 0 Å². The van der Waals surface area contributed by atoms with Crippen molar-refractivity contribution in [1.29, 1.82) is 0 Å². The Bertz CT molecular complexity index is 901. The van der Waals surface area contributed by atoms with Crippen molar-refractivity contribution >= 4 is 52.1 Å². The van der Waals surface area contributed by atoms with Crippen LogP contribution in [0.15, 0.2) is 55.1 Å². The van der Waals surface area contributed by atoms with E-state index in [0.717, 1.165) is 0 Å². The molecular formula is C12H6Br2O6S2. The third-order valence-electron chi connectivity index (χ3n) is 2.75. The van der Waals surface area contributed by atoms with Crippen LogP contribution in [-0.4, -0.2) is 16.8 Å². The van der Waals surface area contributed by atoms with Gasteiger partial charge in [-0.3, -0.25) is 0 Å². The highest BCUT2D eigenvalue weighted by Gasteiger charge is 2.33. The molecule has 2 aromatic carbocycles. The van der Waals surface area contributed by atoms with E-state index in [1.165, 1.54) is 36.4 Å². The molecule has 116 valence electrons. The highest BCUT2D eigenvalue weighted by Crippen LogP contribution is 2.38. The fourth-order valence-corrected chi connectivity index (χ4v) is 4.71. The van der Waals surface area contributed by atoms with Gasteiger partial charge < -0.3 is 8.37 Å². The zero-order valence-electron chi connectivity index (χ0n) is 10.5. The molecule has 0 aliphatic carbocycles. The molecule has 0 amide bonds. The van der Waals surface area contributed by atoms with Crippen molar-refractivity contribution in [2.45, 2.75) is 9.79 Å². The number of rotatable bonds is 0. The first kappa shape index (κ1) is 15.8. The molecule has 0 spiro atoms. The van der Waals surface area contributed by atoms with Gasteiger partial charge in [0.05, 0.1) is 0 Å². The van der Waals surface area contributed by atoms with Crippen LogP contribution in [0.25, 0.3) is 0 Å². The summed E-state index contributed by atoms with van der Waals surface area (Å²) in [6.45, 7) is 0. The van der Waals surface area contributed by atoms with Crippen LogP contribution in [-0.2, 0) is 20.2 Å². The van der Waals surface area contributed by atoms with E-state index < -0.39 is 20.2 Å². The van der Waals surface area contributed by atoms with Crippen LogP contribution < -0.4 is 8.37 Å². The van der Waals surface area contributed by atoms with Crippen molar-refractivity contribution < 1.29 is 25.2 Å². The van der Waals surface area contributed by atoms with Gasteiger partial charge in [0.15, 0.2) is 11.5 Å². The van der Waals surface area contributed by atoms with Gasteiger partial charge in [-0.15, -0.1) is 0 Å². The standard InChI is InChI=1S/C12H6Br2O6S2/c13-7-1-3-11-9(5-7)19-22(17,18)12-4-2-8(14)6-10(12)20-21(11,15)16/h1-6H. The number of hydrogen-bond donors (Lipinski definition) is 0. The van der Waals surface area contributed by atoms with Crippen LogP contribution in [0.1, 0.15) is 0 Å². The third kappa shape index (κ3) is 2.75. The second-order valence-electron chi connectivity index (χ2n) is 4.26. The number of halogens is 2. The molecule has 0 saturated heterocycles. The van der Waals surface area contributed by atoms with Gasteiger partial charge in [-0.05, 0) is 36.4 Å². The molecule has 22 heavy (non-hydrogen) atoms. The van der Waals surface area contributed by atoms with E-state index in [4.69, 9.17) is 8.37 Å². The minimum atomic E-state index is -4.23. The minimum absolute atomic E-state index is 0.331. The maximum Gasteiger partial charge on any atom is 0.343 e. The highest BCUT2D eigenvalue weighted by atomic mass is 79.9. The summed E-state index contributed by atoms with van der Waals surface area (Å²) in [5.41, 5.74) is 0. The second kappa shape index (κ2) is 5.22. The Morgan fingerprint density at radius 3 is 1.41 bits per heavy atom. The predicted octanol–water partition coefficient (Wildman–Crippen LogP) is 3.06. The van der Waals surface area contributed by atoms with Crippen molar-refractivity contribution in [2.75, 3.05) is 0 Å². The molecule has 0 N–H and O–H groups in total. The van der Waals surface area contributed by atoms with Crippen molar-refractivity contribution in [3.8, 4) is 11.5 Å². The normalized spacial score (nSPS) is 17.9. The van der Waals surface area contributed by atoms with Crippen molar-refractivity contribution in [3.63, 3.8) is 0 Å².